The van der Waals surface area contributed by atoms with Gasteiger partial charge in [0.15, 0.2) is 6.61 Å². The molecule has 1 heterocycles. The number of esters is 1. The number of pyridine rings is 1. The van der Waals surface area contributed by atoms with Crippen molar-refractivity contribution in [1.29, 1.82) is 0 Å². The maximum Gasteiger partial charge on any atom is 0.460 e. The van der Waals surface area contributed by atoms with Crippen molar-refractivity contribution in [3.05, 3.63) is 48.3 Å². The standard InChI is InChI=1S/C19H16F7N3O6S/c1-34-15(30)9-28-16(31)14-7-2-11(8-27-14)29-36(32,33)13-5-3-12(4-6-13)35-10-17(20,21)18(22,23)19(24,25)26/h2-8,29H,9-10H2,1H3,(H,28,31). The SMILES string of the molecule is COC(=O)CNC(=O)c1ccc(NS(=O)(=O)c2ccc(OCC(F)(F)C(F)(F)C(F)(F)F)cc2)cn1. The fourth-order valence-electron chi connectivity index (χ4n) is 2.30. The smallest absolute Gasteiger partial charge is 0.460 e. The van der Waals surface area contributed by atoms with Crippen LogP contribution in [0.2, 0.25) is 0 Å². The molecule has 0 aliphatic carbocycles. The predicted octanol–water partition coefficient (Wildman–Crippen LogP) is 3.00. The number of ether oxygens (including phenoxy) is 2. The van der Waals surface area contributed by atoms with Gasteiger partial charge in [-0.1, -0.05) is 0 Å². The number of alkyl halides is 7. The molecular weight excluding hydrogens is 531 g/mol. The number of carbonyl (C=O) groups excluding carboxylic acids is 2. The Hall–Kier alpha value is -3.63. The lowest BCUT2D eigenvalue weighted by molar-refractivity contribution is -0.358. The zero-order valence-corrected chi connectivity index (χ0v) is 18.7. The minimum atomic E-state index is -6.51. The van der Waals surface area contributed by atoms with Crippen molar-refractivity contribution in [2.24, 2.45) is 0 Å². The normalized spacial score (nSPS) is 12.6. The summed E-state index contributed by atoms with van der Waals surface area (Å²) >= 11 is 0. The number of anilines is 1. The first kappa shape index (κ1) is 28.6. The van der Waals surface area contributed by atoms with Crippen LogP contribution in [0, 0.1) is 0 Å². The number of nitrogens with one attached hydrogen (secondary N) is 2. The number of carbonyl (C=O) groups is 2. The number of benzene rings is 1. The van der Waals surface area contributed by atoms with Crippen LogP contribution in [0.15, 0.2) is 47.5 Å². The lowest BCUT2D eigenvalue weighted by Crippen LogP contribution is -2.54. The topological polar surface area (TPSA) is 124 Å². The van der Waals surface area contributed by atoms with E-state index >= 15 is 0 Å². The number of rotatable bonds is 10. The molecule has 0 spiro atoms. The Kier molecular flexibility index (Phi) is 8.38. The number of methoxy groups -OCH3 is 1. The van der Waals surface area contributed by atoms with Crippen molar-refractivity contribution in [2.75, 3.05) is 25.0 Å². The van der Waals surface area contributed by atoms with Gasteiger partial charge in [-0.3, -0.25) is 14.3 Å². The van der Waals surface area contributed by atoms with Crippen molar-refractivity contribution in [3.8, 4) is 5.75 Å². The molecule has 1 aromatic heterocycles. The molecule has 0 radical (unpaired) electrons. The Morgan fingerprint density at radius 1 is 0.972 bits per heavy atom. The van der Waals surface area contributed by atoms with E-state index in [4.69, 9.17) is 0 Å². The van der Waals surface area contributed by atoms with Crippen LogP contribution in [0.25, 0.3) is 0 Å². The van der Waals surface area contributed by atoms with Crippen molar-refractivity contribution >= 4 is 27.6 Å². The molecule has 0 aliphatic rings. The van der Waals surface area contributed by atoms with Gasteiger partial charge in [0.2, 0.25) is 0 Å². The first-order chi connectivity index (χ1) is 16.5. The van der Waals surface area contributed by atoms with Crippen molar-refractivity contribution in [1.82, 2.24) is 10.3 Å². The molecule has 1 aromatic carbocycles. The third-order valence-corrected chi connectivity index (χ3v) is 5.64. The fourth-order valence-corrected chi connectivity index (χ4v) is 3.35. The van der Waals surface area contributed by atoms with Crippen LogP contribution in [-0.2, 0) is 19.6 Å². The van der Waals surface area contributed by atoms with E-state index < -0.39 is 63.7 Å². The summed E-state index contributed by atoms with van der Waals surface area (Å²) in [6.45, 7) is -2.75. The molecule has 0 fully saturated rings. The van der Waals surface area contributed by atoms with Gasteiger partial charge in [0.1, 0.15) is 18.0 Å². The van der Waals surface area contributed by atoms with Gasteiger partial charge in [-0.05, 0) is 36.4 Å². The summed E-state index contributed by atoms with van der Waals surface area (Å²) in [7, 11) is -3.18. The minimum absolute atomic E-state index is 0.103. The summed E-state index contributed by atoms with van der Waals surface area (Å²) < 4.78 is 125. The highest BCUT2D eigenvalue weighted by molar-refractivity contribution is 7.92. The first-order valence-corrected chi connectivity index (χ1v) is 10.9. The first-order valence-electron chi connectivity index (χ1n) is 9.39. The summed E-state index contributed by atoms with van der Waals surface area (Å²) in [5.74, 6) is -14.0. The average Bonchev–Trinajstić information content (AvgIpc) is 2.80. The van der Waals surface area contributed by atoms with Crippen molar-refractivity contribution < 1.29 is 58.2 Å². The van der Waals surface area contributed by atoms with Crippen LogP contribution < -0.4 is 14.8 Å². The third kappa shape index (κ3) is 6.73. The van der Waals surface area contributed by atoms with Gasteiger partial charge >= 0.3 is 24.0 Å². The van der Waals surface area contributed by atoms with E-state index in [1.807, 2.05) is 0 Å². The van der Waals surface area contributed by atoms with E-state index in [-0.39, 0.29) is 11.4 Å². The molecule has 198 valence electrons. The maximum atomic E-state index is 13.3. The number of aromatic nitrogens is 1. The molecule has 0 unspecified atom stereocenters. The van der Waals surface area contributed by atoms with Gasteiger partial charge in [-0.2, -0.15) is 30.7 Å². The van der Waals surface area contributed by atoms with E-state index in [0.29, 0.717) is 0 Å². The van der Waals surface area contributed by atoms with E-state index in [1.54, 1.807) is 0 Å². The number of amides is 1. The second-order valence-corrected chi connectivity index (χ2v) is 8.52. The highest BCUT2D eigenvalue weighted by atomic mass is 32.2. The molecule has 9 nitrogen and oxygen atoms in total. The number of nitrogens with zero attached hydrogens (tertiary/aromatic N) is 1. The predicted molar refractivity (Wildman–Crippen MR) is 107 cm³/mol. The molecule has 36 heavy (non-hydrogen) atoms. The van der Waals surface area contributed by atoms with Crippen LogP contribution in [-0.4, -0.2) is 63.6 Å². The molecule has 17 heteroatoms. The lowest BCUT2D eigenvalue weighted by atomic mass is 10.2. The zero-order chi connectivity index (χ0) is 27.4. The Morgan fingerprint density at radius 3 is 2.08 bits per heavy atom. The molecule has 0 saturated heterocycles. The second-order valence-electron chi connectivity index (χ2n) is 6.83. The number of halogens is 7. The average molecular weight is 547 g/mol. The van der Waals surface area contributed by atoms with E-state index in [1.165, 1.54) is 0 Å². The fraction of sp³-hybridized carbons (Fsp3) is 0.316. The van der Waals surface area contributed by atoms with E-state index in [2.05, 4.69) is 24.5 Å². The van der Waals surface area contributed by atoms with Crippen molar-refractivity contribution in [2.45, 2.75) is 22.9 Å². The Balaban J connectivity index is 2.03. The summed E-state index contributed by atoms with van der Waals surface area (Å²) in [6, 6.07) is 5.47. The molecule has 0 aliphatic heterocycles. The Morgan fingerprint density at radius 2 is 1.58 bits per heavy atom. The lowest BCUT2D eigenvalue weighted by Gasteiger charge is -2.27. The highest BCUT2D eigenvalue weighted by Gasteiger charge is 2.73. The molecular formula is C19H16F7N3O6S. The number of hydrogen-bond donors (Lipinski definition) is 2. The maximum absolute atomic E-state index is 13.3. The van der Waals surface area contributed by atoms with Crippen LogP contribution in [0.1, 0.15) is 10.5 Å². The molecule has 0 atom stereocenters. The van der Waals surface area contributed by atoms with Gasteiger partial charge in [-0.15, -0.1) is 0 Å². The van der Waals surface area contributed by atoms with Gasteiger partial charge in [0.05, 0.1) is 23.9 Å². The monoisotopic (exact) mass is 547 g/mol. The Bertz CT molecular complexity index is 1190. The van der Waals surface area contributed by atoms with Crippen LogP contribution in [0.4, 0.5) is 36.4 Å². The van der Waals surface area contributed by atoms with Gasteiger partial charge in [0, 0.05) is 0 Å². The molecule has 0 saturated carbocycles. The highest BCUT2D eigenvalue weighted by Crippen LogP contribution is 2.46. The minimum Gasteiger partial charge on any atom is -0.487 e. The summed E-state index contributed by atoms with van der Waals surface area (Å²) in [4.78, 5) is 26.2. The van der Waals surface area contributed by atoms with Gasteiger partial charge < -0.3 is 14.8 Å². The van der Waals surface area contributed by atoms with Crippen LogP contribution >= 0.6 is 0 Å². The van der Waals surface area contributed by atoms with Gasteiger partial charge in [0.25, 0.3) is 15.9 Å². The zero-order valence-electron chi connectivity index (χ0n) is 17.9. The molecule has 2 aromatic rings. The number of hydrogen-bond acceptors (Lipinski definition) is 7. The van der Waals surface area contributed by atoms with Crippen molar-refractivity contribution in [3.63, 3.8) is 0 Å². The van der Waals surface area contributed by atoms with Gasteiger partial charge in [-0.25, -0.2) is 13.4 Å². The summed E-state index contributed by atoms with van der Waals surface area (Å²) in [5.41, 5.74) is -0.259. The molecule has 0 bridgehead atoms. The molecule has 2 N–H and O–H groups in total. The third-order valence-electron chi connectivity index (χ3n) is 4.24. The molecule has 1 amide bonds. The largest absolute Gasteiger partial charge is 0.487 e. The van der Waals surface area contributed by atoms with E-state index in [0.717, 1.165) is 49.7 Å². The molecule has 2 rings (SSSR count). The Labute approximate surface area is 198 Å². The van der Waals surface area contributed by atoms with Crippen LogP contribution in [0.3, 0.4) is 0 Å². The summed E-state index contributed by atoms with van der Waals surface area (Å²) in [6.07, 6.45) is -5.53. The quantitative estimate of drug-likeness (QED) is 0.346. The second kappa shape index (κ2) is 10.5. The van der Waals surface area contributed by atoms with E-state index in [9.17, 15) is 48.7 Å². The number of sulfonamides is 1. The van der Waals surface area contributed by atoms with Crippen LogP contribution in [0.5, 0.6) is 5.75 Å². The summed E-state index contributed by atoms with van der Waals surface area (Å²) in [5, 5.41) is 2.21.